The molecule has 0 aliphatic heterocycles. The van der Waals surface area contributed by atoms with E-state index in [4.69, 9.17) is 0 Å². The van der Waals surface area contributed by atoms with E-state index in [9.17, 15) is 31.2 Å². The van der Waals surface area contributed by atoms with Gasteiger partial charge in [0.2, 0.25) is 9.84 Å². The van der Waals surface area contributed by atoms with E-state index >= 15 is 0 Å². The van der Waals surface area contributed by atoms with Crippen molar-refractivity contribution in [1.29, 1.82) is 0 Å². The number of hydrogen-bond donors (Lipinski definition) is 0. The molecule has 0 saturated heterocycles. The highest BCUT2D eigenvalue weighted by molar-refractivity contribution is 8.08. The van der Waals surface area contributed by atoms with E-state index in [0.717, 1.165) is 23.1 Å². The lowest BCUT2D eigenvalue weighted by Crippen LogP contribution is -2.35. The van der Waals surface area contributed by atoms with Crippen LogP contribution in [0.2, 0.25) is 0 Å². The fourth-order valence-electron chi connectivity index (χ4n) is 2.06. The van der Waals surface area contributed by atoms with Crippen molar-refractivity contribution >= 4 is 26.8 Å². The summed E-state index contributed by atoms with van der Waals surface area (Å²) in [6.45, 7) is 0. The molecule has 1 amide bonds. The van der Waals surface area contributed by atoms with E-state index in [1.54, 1.807) is 6.07 Å². The second-order valence-corrected chi connectivity index (χ2v) is 7.73. The lowest BCUT2D eigenvalue weighted by molar-refractivity contribution is -0.137. The zero-order valence-electron chi connectivity index (χ0n) is 15.2. The first-order chi connectivity index (χ1) is 13.4. The van der Waals surface area contributed by atoms with Crippen molar-refractivity contribution in [3.63, 3.8) is 0 Å². The maximum Gasteiger partial charge on any atom is 0.416 e. The third kappa shape index (κ3) is 5.19. The molecule has 0 heterocycles. The van der Waals surface area contributed by atoms with Crippen LogP contribution in [0.25, 0.3) is 0 Å². The minimum Gasteiger partial charge on any atom is -0.343 e. The number of alkyl halides is 3. The highest BCUT2D eigenvalue weighted by Gasteiger charge is 2.33. The number of rotatable bonds is 3. The van der Waals surface area contributed by atoms with Gasteiger partial charge in [0.15, 0.2) is 0 Å². The third-order valence-corrected chi connectivity index (χ3v) is 5.19. The summed E-state index contributed by atoms with van der Waals surface area (Å²) >= 11 is 0. The van der Waals surface area contributed by atoms with Crippen molar-refractivity contribution in [1.82, 2.24) is 4.90 Å². The summed E-state index contributed by atoms with van der Waals surface area (Å²) in [4.78, 5) is 29.5. The van der Waals surface area contributed by atoms with Crippen LogP contribution >= 0.6 is 0 Å². The number of oxime groups is 1. The summed E-state index contributed by atoms with van der Waals surface area (Å²) in [6.07, 6.45) is -4.69. The molecule has 0 N–H and O–H groups in total. The van der Waals surface area contributed by atoms with Gasteiger partial charge in [0.25, 0.3) is 11.0 Å². The fourth-order valence-corrected chi connectivity index (χ4v) is 3.35. The molecule has 0 aromatic heterocycles. The van der Waals surface area contributed by atoms with Crippen LogP contribution in [-0.2, 0) is 25.6 Å². The quantitative estimate of drug-likeness (QED) is 0.324. The Kier molecular flexibility index (Phi) is 6.42. The zero-order chi connectivity index (χ0) is 21.8. The number of amides is 1. The largest absolute Gasteiger partial charge is 0.416 e. The molecule has 0 unspecified atom stereocenters. The summed E-state index contributed by atoms with van der Waals surface area (Å²) in [5.41, 5.74) is -1.62. The van der Waals surface area contributed by atoms with E-state index in [-0.39, 0.29) is 4.90 Å². The summed E-state index contributed by atoms with van der Waals surface area (Å²) in [5.74, 6) is -2.44. The Labute approximate surface area is 164 Å². The average molecular weight is 428 g/mol. The van der Waals surface area contributed by atoms with Crippen LogP contribution in [0.4, 0.5) is 13.2 Å². The normalized spacial score (nSPS) is 12.4. The number of benzene rings is 2. The van der Waals surface area contributed by atoms with Crippen LogP contribution in [0.3, 0.4) is 0 Å². The first-order valence-corrected chi connectivity index (χ1v) is 9.41. The first kappa shape index (κ1) is 22.1. The highest BCUT2D eigenvalue weighted by Crippen LogP contribution is 2.29. The molecule has 0 spiro atoms. The average Bonchev–Trinajstić information content (AvgIpc) is 2.67. The van der Waals surface area contributed by atoms with Gasteiger partial charge in [-0.3, -0.25) is 4.79 Å². The van der Waals surface area contributed by atoms with Gasteiger partial charge in [0.05, 0.1) is 16.0 Å². The van der Waals surface area contributed by atoms with E-state index in [1.165, 1.54) is 38.4 Å². The van der Waals surface area contributed by atoms with Gasteiger partial charge in [0, 0.05) is 14.1 Å². The maximum atomic E-state index is 12.8. The Morgan fingerprint density at radius 3 is 2.17 bits per heavy atom. The van der Waals surface area contributed by atoms with Crippen molar-refractivity contribution in [2.45, 2.75) is 11.1 Å². The number of carbonyl (C=O) groups excluding carboxylic acids is 2. The van der Waals surface area contributed by atoms with Gasteiger partial charge in [-0.25, -0.2) is 13.2 Å². The van der Waals surface area contributed by atoms with Crippen LogP contribution < -0.4 is 0 Å². The van der Waals surface area contributed by atoms with Crippen molar-refractivity contribution in [3.05, 3.63) is 65.7 Å². The van der Waals surface area contributed by atoms with Gasteiger partial charge in [0.1, 0.15) is 0 Å². The predicted molar refractivity (Wildman–Crippen MR) is 96.6 cm³/mol. The van der Waals surface area contributed by atoms with Gasteiger partial charge in [-0.15, -0.1) is 0 Å². The maximum absolute atomic E-state index is 12.8. The molecule has 2 rings (SSSR count). The van der Waals surface area contributed by atoms with E-state index in [2.05, 4.69) is 9.99 Å². The van der Waals surface area contributed by atoms with Gasteiger partial charge in [-0.2, -0.15) is 13.2 Å². The lowest BCUT2D eigenvalue weighted by Gasteiger charge is -2.12. The molecule has 29 heavy (non-hydrogen) atoms. The molecule has 2 aromatic rings. The van der Waals surface area contributed by atoms with Gasteiger partial charge >= 0.3 is 12.1 Å². The Balaban J connectivity index is 2.41. The second kappa shape index (κ2) is 8.43. The van der Waals surface area contributed by atoms with Crippen molar-refractivity contribution in [2.75, 3.05) is 14.1 Å². The third-order valence-electron chi connectivity index (χ3n) is 3.53. The summed E-state index contributed by atoms with van der Waals surface area (Å²) in [7, 11) is -1.94. The Hall–Kier alpha value is -3.21. The molecular weight excluding hydrogens is 413 g/mol. The summed E-state index contributed by atoms with van der Waals surface area (Å²) in [5, 5.41) is 2.08. The number of hydrogen-bond acceptors (Lipinski definition) is 6. The molecule has 7 nitrogen and oxygen atoms in total. The number of halogens is 3. The van der Waals surface area contributed by atoms with Crippen LogP contribution in [0.5, 0.6) is 0 Å². The molecule has 0 saturated carbocycles. The molecule has 0 aliphatic rings. The molecule has 0 radical (unpaired) electrons. The lowest BCUT2D eigenvalue weighted by atomic mass is 10.1. The number of sulfone groups is 1. The van der Waals surface area contributed by atoms with Gasteiger partial charge < -0.3 is 9.74 Å². The fraction of sp³-hybridized carbons (Fsp3) is 0.167. The Bertz CT molecular complexity index is 1050. The topological polar surface area (TPSA) is 93.1 Å². The van der Waals surface area contributed by atoms with Crippen LogP contribution in [0.15, 0.2) is 64.6 Å². The SMILES string of the molecule is CN(C)C(=O)/C(=N/OC(=O)c1cccc(C(F)(F)F)c1)S(=O)(=O)c1ccccc1. The molecule has 154 valence electrons. The minimum atomic E-state index is -4.69. The van der Waals surface area contributed by atoms with Crippen molar-refractivity contribution in [3.8, 4) is 0 Å². The predicted octanol–water partition coefficient (Wildman–Crippen LogP) is 2.74. The standard InChI is InChI=1S/C18H15F3N2O5S/c1-23(2)16(24)15(29(26,27)14-9-4-3-5-10-14)22-28-17(25)12-7-6-8-13(11-12)18(19,20)21/h3-11H,1-2H3/b22-15-. The van der Waals surface area contributed by atoms with E-state index < -0.39 is 44.1 Å². The van der Waals surface area contributed by atoms with Crippen LogP contribution in [0.1, 0.15) is 15.9 Å². The minimum absolute atomic E-state index is 0.274. The number of carbonyl (C=O) groups is 2. The first-order valence-electron chi connectivity index (χ1n) is 7.93. The molecular formula is C18H15F3N2O5S. The molecule has 0 aliphatic carbocycles. The molecule has 2 aromatic carbocycles. The van der Waals surface area contributed by atoms with Gasteiger partial charge in [-0.05, 0) is 30.3 Å². The van der Waals surface area contributed by atoms with Crippen LogP contribution in [0, 0.1) is 0 Å². The molecule has 0 atom stereocenters. The monoisotopic (exact) mass is 428 g/mol. The van der Waals surface area contributed by atoms with Gasteiger partial charge in [-0.1, -0.05) is 29.4 Å². The number of nitrogens with zero attached hydrogens (tertiary/aromatic N) is 2. The van der Waals surface area contributed by atoms with Crippen molar-refractivity contribution < 1.29 is 36.0 Å². The summed E-state index contributed by atoms with van der Waals surface area (Å²) in [6, 6.07) is 10.1. The molecule has 0 bridgehead atoms. The molecule has 0 fully saturated rings. The van der Waals surface area contributed by atoms with E-state index in [0.29, 0.717) is 6.07 Å². The summed E-state index contributed by atoms with van der Waals surface area (Å²) < 4.78 is 63.7. The highest BCUT2D eigenvalue weighted by atomic mass is 32.2. The smallest absolute Gasteiger partial charge is 0.343 e. The zero-order valence-corrected chi connectivity index (χ0v) is 16.0. The second-order valence-electron chi connectivity index (χ2n) is 5.87. The van der Waals surface area contributed by atoms with Crippen molar-refractivity contribution in [2.24, 2.45) is 5.16 Å². The van der Waals surface area contributed by atoms with Crippen LogP contribution in [-0.4, -0.2) is 44.3 Å². The molecule has 11 heteroatoms. The Morgan fingerprint density at radius 2 is 1.62 bits per heavy atom. The van der Waals surface area contributed by atoms with E-state index in [1.807, 2.05) is 0 Å². The Morgan fingerprint density at radius 1 is 1.00 bits per heavy atom.